The SMILES string of the molecule is CC(C)(C)OC(=O)N1CCn2c(cnc2-c2nc(-c3c[nH]c4ncccc34)cs2)C1. The van der Waals surface area contributed by atoms with Gasteiger partial charge in [0.05, 0.1) is 24.1 Å². The molecule has 0 radical (unpaired) electrons. The van der Waals surface area contributed by atoms with Crippen LogP contribution in [0.2, 0.25) is 0 Å². The zero-order valence-corrected chi connectivity index (χ0v) is 17.9. The highest BCUT2D eigenvalue weighted by Crippen LogP contribution is 2.33. The molecule has 4 aromatic heterocycles. The van der Waals surface area contributed by atoms with Crippen LogP contribution in [-0.2, 0) is 17.8 Å². The van der Waals surface area contributed by atoms with Gasteiger partial charge in [0.25, 0.3) is 0 Å². The number of amides is 1. The van der Waals surface area contributed by atoms with Gasteiger partial charge >= 0.3 is 6.09 Å². The van der Waals surface area contributed by atoms with E-state index in [1.807, 2.05) is 50.7 Å². The number of carbonyl (C=O) groups excluding carboxylic acids is 1. The van der Waals surface area contributed by atoms with Crippen molar-refractivity contribution in [2.45, 2.75) is 39.5 Å². The maximum atomic E-state index is 12.4. The lowest BCUT2D eigenvalue weighted by Crippen LogP contribution is -2.41. The zero-order valence-electron chi connectivity index (χ0n) is 17.0. The van der Waals surface area contributed by atoms with Crippen molar-refractivity contribution in [2.75, 3.05) is 6.54 Å². The normalized spacial score (nSPS) is 14.2. The molecule has 5 rings (SSSR count). The monoisotopic (exact) mass is 422 g/mol. The summed E-state index contributed by atoms with van der Waals surface area (Å²) >= 11 is 1.57. The Bertz CT molecular complexity index is 1230. The van der Waals surface area contributed by atoms with Crippen molar-refractivity contribution >= 4 is 28.5 Å². The lowest BCUT2D eigenvalue weighted by molar-refractivity contribution is 0.0199. The van der Waals surface area contributed by atoms with Gasteiger partial charge in [-0.15, -0.1) is 11.3 Å². The predicted molar refractivity (Wildman–Crippen MR) is 115 cm³/mol. The van der Waals surface area contributed by atoms with E-state index in [1.54, 1.807) is 22.4 Å². The largest absolute Gasteiger partial charge is 0.444 e. The minimum Gasteiger partial charge on any atom is -0.444 e. The van der Waals surface area contributed by atoms with Crippen molar-refractivity contribution in [3.8, 4) is 22.1 Å². The third-order valence-electron chi connectivity index (χ3n) is 4.96. The van der Waals surface area contributed by atoms with Crippen LogP contribution in [0.15, 0.2) is 36.1 Å². The molecule has 1 aliphatic heterocycles. The van der Waals surface area contributed by atoms with E-state index in [-0.39, 0.29) is 6.09 Å². The van der Waals surface area contributed by atoms with Gasteiger partial charge in [0.1, 0.15) is 11.2 Å². The van der Waals surface area contributed by atoms with Crippen LogP contribution < -0.4 is 0 Å². The summed E-state index contributed by atoms with van der Waals surface area (Å²) in [7, 11) is 0. The molecule has 0 fully saturated rings. The Kier molecular flexibility index (Phi) is 4.35. The third-order valence-corrected chi connectivity index (χ3v) is 5.80. The summed E-state index contributed by atoms with van der Waals surface area (Å²) in [5.74, 6) is 0.836. The molecule has 1 amide bonds. The molecule has 1 aliphatic rings. The van der Waals surface area contributed by atoms with E-state index < -0.39 is 5.60 Å². The Labute approximate surface area is 177 Å². The first-order chi connectivity index (χ1) is 14.4. The number of imidazole rings is 1. The van der Waals surface area contributed by atoms with E-state index in [2.05, 4.69) is 19.5 Å². The van der Waals surface area contributed by atoms with Gasteiger partial charge in [-0.3, -0.25) is 0 Å². The fraction of sp³-hybridized carbons (Fsp3) is 0.333. The number of aromatic nitrogens is 5. The lowest BCUT2D eigenvalue weighted by Gasteiger charge is -2.31. The average Bonchev–Trinajstić information content (AvgIpc) is 3.43. The van der Waals surface area contributed by atoms with E-state index in [0.29, 0.717) is 19.6 Å². The second kappa shape index (κ2) is 6.94. The summed E-state index contributed by atoms with van der Waals surface area (Å²) < 4.78 is 7.64. The molecule has 5 heterocycles. The second-order valence-electron chi connectivity index (χ2n) is 8.27. The second-order valence-corrected chi connectivity index (χ2v) is 9.12. The number of nitrogens with one attached hydrogen (secondary N) is 1. The standard InChI is InChI=1S/C21H22N6O2S/c1-21(2,3)29-20(28)26-7-8-27-13(11-26)9-24-18(27)19-25-16(12-30-19)15-10-23-17-14(15)5-4-6-22-17/h4-6,9-10,12H,7-8,11H2,1-3H3,(H,22,23). The quantitative estimate of drug-likeness (QED) is 0.520. The van der Waals surface area contributed by atoms with Crippen molar-refractivity contribution < 1.29 is 9.53 Å². The number of hydrogen-bond donors (Lipinski definition) is 1. The van der Waals surface area contributed by atoms with Gasteiger partial charge < -0.3 is 19.2 Å². The summed E-state index contributed by atoms with van der Waals surface area (Å²) in [6.07, 6.45) is 5.24. The first kappa shape index (κ1) is 18.8. The summed E-state index contributed by atoms with van der Waals surface area (Å²) in [5, 5.41) is 3.95. The Morgan fingerprint density at radius 2 is 2.13 bits per heavy atom. The van der Waals surface area contributed by atoms with Crippen molar-refractivity contribution in [1.82, 2.24) is 29.4 Å². The van der Waals surface area contributed by atoms with Gasteiger partial charge in [0.15, 0.2) is 10.8 Å². The van der Waals surface area contributed by atoms with Crippen LogP contribution in [-0.4, -0.2) is 47.6 Å². The molecule has 8 nitrogen and oxygen atoms in total. The Balaban J connectivity index is 1.40. The van der Waals surface area contributed by atoms with Gasteiger partial charge in [-0.2, -0.15) is 0 Å². The highest BCUT2D eigenvalue weighted by molar-refractivity contribution is 7.13. The number of aromatic amines is 1. The molecule has 0 aromatic carbocycles. The molecule has 0 spiro atoms. The van der Waals surface area contributed by atoms with Crippen molar-refractivity contribution in [3.05, 3.63) is 41.8 Å². The van der Waals surface area contributed by atoms with Crippen LogP contribution in [0.5, 0.6) is 0 Å². The maximum absolute atomic E-state index is 12.4. The van der Waals surface area contributed by atoms with Crippen LogP contribution in [0, 0.1) is 0 Å². The smallest absolute Gasteiger partial charge is 0.410 e. The summed E-state index contributed by atoms with van der Waals surface area (Å²) in [6, 6.07) is 3.96. The lowest BCUT2D eigenvalue weighted by atomic mass is 10.2. The van der Waals surface area contributed by atoms with Gasteiger partial charge in [-0.1, -0.05) is 0 Å². The van der Waals surface area contributed by atoms with E-state index in [1.165, 1.54) is 0 Å². The first-order valence-electron chi connectivity index (χ1n) is 9.80. The number of H-pyrrole nitrogens is 1. The number of rotatable bonds is 2. The van der Waals surface area contributed by atoms with Crippen molar-refractivity contribution in [1.29, 1.82) is 0 Å². The molecule has 1 N–H and O–H groups in total. The predicted octanol–water partition coefficient (Wildman–Crippen LogP) is 4.30. The average molecular weight is 423 g/mol. The summed E-state index contributed by atoms with van der Waals surface area (Å²) in [6.45, 7) is 7.35. The Morgan fingerprint density at radius 1 is 1.27 bits per heavy atom. The highest BCUT2D eigenvalue weighted by atomic mass is 32.1. The number of carbonyl (C=O) groups is 1. The van der Waals surface area contributed by atoms with Crippen LogP contribution in [0.3, 0.4) is 0 Å². The van der Waals surface area contributed by atoms with Crippen molar-refractivity contribution in [3.63, 3.8) is 0 Å². The highest BCUT2D eigenvalue weighted by Gasteiger charge is 2.28. The number of fused-ring (bicyclic) bond motifs is 2. The molecule has 0 saturated heterocycles. The van der Waals surface area contributed by atoms with Crippen LogP contribution >= 0.6 is 11.3 Å². The van der Waals surface area contributed by atoms with E-state index in [9.17, 15) is 4.79 Å². The number of ether oxygens (including phenoxy) is 1. The number of pyridine rings is 1. The van der Waals surface area contributed by atoms with Crippen molar-refractivity contribution in [2.24, 2.45) is 0 Å². The molecule has 0 atom stereocenters. The van der Waals surface area contributed by atoms with Gasteiger partial charge in [0.2, 0.25) is 0 Å². The molecule has 9 heteroatoms. The van der Waals surface area contributed by atoms with Crippen LogP contribution in [0.25, 0.3) is 33.1 Å². The van der Waals surface area contributed by atoms with Gasteiger partial charge in [0, 0.05) is 41.8 Å². The molecular formula is C21H22N6O2S. The van der Waals surface area contributed by atoms with Gasteiger partial charge in [-0.05, 0) is 32.9 Å². The van der Waals surface area contributed by atoms with E-state index in [4.69, 9.17) is 9.72 Å². The molecule has 4 aromatic rings. The molecule has 0 saturated carbocycles. The summed E-state index contributed by atoms with van der Waals surface area (Å²) in [5.41, 5.74) is 3.26. The minimum absolute atomic E-state index is 0.291. The molecule has 154 valence electrons. The maximum Gasteiger partial charge on any atom is 0.410 e. The molecule has 0 unspecified atom stereocenters. The zero-order chi connectivity index (χ0) is 20.9. The Morgan fingerprint density at radius 3 is 2.97 bits per heavy atom. The van der Waals surface area contributed by atoms with Crippen LogP contribution in [0.1, 0.15) is 26.5 Å². The molecular weight excluding hydrogens is 400 g/mol. The molecule has 30 heavy (non-hydrogen) atoms. The van der Waals surface area contributed by atoms with E-state index >= 15 is 0 Å². The fourth-order valence-corrected chi connectivity index (χ4v) is 4.43. The van der Waals surface area contributed by atoms with Crippen LogP contribution in [0.4, 0.5) is 4.79 Å². The fourth-order valence-electron chi connectivity index (χ4n) is 3.60. The number of hydrogen-bond acceptors (Lipinski definition) is 6. The number of nitrogens with zero attached hydrogens (tertiary/aromatic N) is 5. The molecule has 0 aliphatic carbocycles. The first-order valence-corrected chi connectivity index (χ1v) is 10.7. The summed E-state index contributed by atoms with van der Waals surface area (Å²) in [4.78, 5) is 31.1. The topological polar surface area (TPSA) is 88.9 Å². The van der Waals surface area contributed by atoms with E-state index in [0.717, 1.165) is 38.8 Å². The Hall–Kier alpha value is -3.20. The van der Waals surface area contributed by atoms with Gasteiger partial charge in [-0.25, -0.2) is 19.7 Å². The third kappa shape index (κ3) is 3.35. The minimum atomic E-state index is -0.505. The number of thiazole rings is 1. The molecule has 0 bridgehead atoms.